The van der Waals surface area contributed by atoms with E-state index in [-0.39, 0.29) is 18.5 Å². The molecule has 5 heteroatoms. The molecule has 2 aromatic rings. The second kappa shape index (κ2) is 5.08. The number of carbonyl (C=O) groups excluding carboxylic acids is 1. The first-order valence-electron chi connectivity index (χ1n) is 6.10. The zero-order chi connectivity index (χ0) is 13.1. The normalized spacial score (nSPS) is 12.6. The zero-order valence-corrected chi connectivity index (χ0v) is 10.7. The van der Waals surface area contributed by atoms with Crippen LogP contribution in [0, 0.1) is 0 Å². The van der Waals surface area contributed by atoms with Crippen molar-refractivity contribution in [3.63, 3.8) is 0 Å². The van der Waals surface area contributed by atoms with Crippen LogP contribution in [-0.2, 0) is 11.3 Å². The average molecular weight is 246 g/mol. The predicted octanol–water partition coefficient (Wildman–Crippen LogP) is 1.53. The number of fused-ring (bicyclic) bond motifs is 1. The molecule has 2 rings (SSSR count). The molecule has 1 heterocycles. The first-order valence-corrected chi connectivity index (χ1v) is 6.10. The first kappa shape index (κ1) is 12.4. The van der Waals surface area contributed by atoms with E-state index in [4.69, 9.17) is 5.73 Å². The first-order chi connectivity index (χ1) is 8.60. The smallest absolute Gasteiger partial charge is 0.241 e. The number of nitrogens with two attached hydrogens (primary N) is 1. The molecule has 0 radical (unpaired) electrons. The van der Waals surface area contributed by atoms with E-state index in [2.05, 4.69) is 10.4 Å². The standard InChI is InChI=1S/C13H18N4O/c1-3-9(2)16-13(18)8-17-12-6-11(14)5-4-10(12)7-15-17/h4-7,9H,3,8,14H2,1-2H3,(H,16,18). The van der Waals surface area contributed by atoms with Gasteiger partial charge in [0, 0.05) is 17.1 Å². The van der Waals surface area contributed by atoms with Crippen LogP contribution in [0.1, 0.15) is 20.3 Å². The van der Waals surface area contributed by atoms with E-state index < -0.39 is 0 Å². The van der Waals surface area contributed by atoms with Crippen molar-refractivity contribution in [2.75, 3.05) is 5.73 Å². The quantitative estimate of drug-likeness (QED) is 0.804. The van der Waals surface area contributed by atoms with Crippen LogP contribution in [0.25, 0.3) is 10.9 Å². The summed E-state index contributed by atoms with van der Waals surface area (Å²) in [6, 6.07) is 5.75. The Labute approximate surface area is 106 Å². The summed E-state index contributed by atoms with van der Waals surface area (Å²) in [5.74, 6) is -0.0308. The molecule has 0 fully saturated rings. The summed E-state index contributed by atoms with van der Waals surface area (Å²) in [5, 5.41) is 8.11. The van der Waals surface area contributed by atoms with Gasteiger partial charge in [0.1, 0.15) is 6.54 Å². The lowest BCUT2D eigenvalue weighted by Gasteiger charge is -2.11. The van der Waals surface area contributed by atoms with Gasteiger partial charge in [-0.25, -0.2) is 0 Å². The minimum absolute atomic E-state index is 0.0308. The molecule has 1 amide bonds. The number of rotatable bonds is 4. The lowest BCUT2D eigenvalue weighted by molar-refractivity contribution is -0.122. The number of carbonyl (C=O) groups is 1. The van der Waals surface area contributed by atoms with Crippen molar-refractivity contribution >= 4 is 22.5 Å². The molecule has 0 aliphatic heterocycles. The van der Waals surface area contributed by atoms with Gasteiger partial charge in [-0.05, 0) is 31.5 Å². The number of anilines is 1. The van der Waals surface area contributed by atoms with E-state index in [9.17, 15) is 4.79 Å². The highest BCUT2D eigenvalue weighted by atomic mass is 16.2. The molecule has 96 valence electrons. The van der Waals surface area contributed by atoms with Crippen molar-refractivity contribution in [2.45, 2.75) is 32.9 Å². The van der Waals surface area contributed by atoms with Crippen molar-refractivity contribution in [3.8, 4) is 0 Å². The van der Waals surface area contributed by atoms with Gasteiger partial charge in [-0.15, -0.1) is 0 Å². The number of benzene rings is 1. The van der Waals surface area contributed by atoms with Gasteiger partial charge >= 0.3 is 0 Å². The van der Waals surface area contributed by atoms with Crippen molar-refractivity contribution in [2.24, 2.45) is 0 Å². The fourth-order valence-electron chi connectivity index (χ4n) is 1.77. The van der Waals surface area contributed by atoms with Gasteiger partial charge in [-0.3, -0.25) is 9.48 Å². The highest BCUT2D eigenvalue weighted by Crippen LogP contribution is 2.16. The molecule has 0 aliphatic rings. The largest absolute Gasteiger partial charge is 0.399 e. The fraction of sp³-hybridized carbons (Fsp3) is 0.385. The number of nitrogen functional groups attached to an aromatic ring is 1. The Morgan fingerprint density at radius 1 is 1.56 bits per heavy atom. The Morgan fingerprint density at radius 3 is 3.06 bits per heavy atom. The van der Waals surface area contributed by atoms with Crippen molar-refractivity contribution in [1.29, 1.82) is 0 Å². The topological polar surface area (TPSA) is 72.9 Å². The maximum absolute atomic E-state index is 11.8. The van der Waals surface area contributed by atoms with Crippen LogP contribution < -0.4 is 11.1 Å². The highest BCUT2D eigenvalue weighted by molar-refractivity contribution is 5.84. The third kappa shape index (κ3) is 2.61. The lowest BCUT2D eigenvalue weighted by Crippen LogP contribution is -2.34. The number of nitrogens with one attached hydrogen (secondary N) is 1. The number of nitrogens with zero attached hydrogens (tertiary/aromatic N) is 2. The van der Waals surface area contributed by atoms with Gasteiger partial charge < -0.3 is 11.1 Å². The number of hydrogen-bond acceptors (Lipinski definition) is 3. The molecule has 0 saturated heterocycles. The molecule has 1 unspecified atom stereocenters. The van der Waals surface area contributed by atoms with E-state index in [1.807, 2.05) is 32.0 Å². The van der Waals surface area contributed by atoms with Crippen molar-refractivity contribution in [1.82, 2.24) is 15.1 Å². The van der Waals surface area contributed by atoms with Crippen LogP contribution in [0.3, 0.4) is 0 Å². The average Bonchev–Trinajstić information content (AvgIpc) is 2.71. The Kier molecular flexibility index (Phi) is 3.50. The molecule has 0 aliphatic carbocycles. The fourth-order valence-corrected chi connectivity index (χ4v) is 1.77. The monoisotopic (exact) mass is 246 g/mol. The highest BCUT2D eigenvalue weighted by Gasteiger charge is 2.09. The Balaban J connectivity index is 2.16. The van der Waals surface area contributed by atoms with Crippen LogP contribution >= 0.6 is 0 Å². The van der Waals surface area contributed by atoms with E-state index in [1.165, 1.54) is 0 Å². The lowest BCUT2D eigenvalue weighted by atomic mass is 10.2. The molecule has 0 bridgehead atoms. The summed E-state index contributed by atoms with van der Waals surface area (Å²) in [5.41, 5.74) is 7.30. The molecule has 18 heavy (non-hydrogen) atoms. The van der Waals surface area contributed by atoms with Crippen LogP contribution in [-0.4, -0.2) is 21.7 Å². The Hall–Kier alpha value is -2.04. The summed E-state index contributed by atoms with van der Waals surface area (Å²) in [7, 11) is 0. The van der Waals surface area contributed by atoms with Gasteiger partial charge in [-0.2, -0.15) is 5.10 Å². The van der Waals surface area contributed by atoms with Crippen LogP contribution in [0.4, 0.5) is 5.69 Å². The number of hydrogen-bond donors (Lipinski definition) is 2. The zero-order valence-electron chi connectivity index (χ0n) is 10.7. The van der Waals surface area contributed by atoms with Gasteiger partial charge in [0.25, 0.3) is 0 Å². The Bertz CT molecular complexity index is 561. The second-order valence-corrected chi connectivity index (χ2v) is 4.50. The third-order valence-electron chi connectivity index (χ3n) is 2.98. The maximum atomic E-state index is 11.8. The summed E-state index contributed by atoms with van der Waals surface area (Å²) in [4.78, 5) is 11.8. The number of amides is 1. The van der Waals surface area contributed by atoms with Gasteiger partial charge in [0.2, 0.25) is 5.91 Å². The molecule has 3 N–H and O–H groups in total. The third-order valence-corrected chi connectivity index (χ3v) is 2.98. The van der Waals surface area contributed by atoms with Crippen LogP contribution in [0.5, 0.6) is 0 Å². The molecular weight excluding hydrogens is 228 g/mol. The SMILES string of the molecule is CCC(C)NC(=O)Cn1ncc2ccc(N)cc21. The van der Waals surface area contributed by atoms with Crippen molar-refractivity contribution < 1.29 is 4.79 Å². The summed E-state index contributed by atoms with van der Waals surface area (Å²) in [6.07, 6.45) is 2.66. The van der Waals surface area contributed by atoms with Crippen LogP contribution in [0.2, 0.25) is 0 Å². The number of aromatic nitrogens is 2. The molecule has 1 aromatic heterocycles. The van der Waals surface area contributed by atoms with E-state index in [0.29, 0.717) is 5.69 Å². The van der Waals surface area contributed by atoms with Crippen LogP contribution in [0.15, 0.2) is 24.4 Å². The van der Waals surface area contributed by atoms with Crippen molar-refractivity contribution in [3.05, 3.63) is 24.4 Å². The minimum Gasteiger partial charge on any atom is -0.399 e. The summed E-state index contributed by atoms with van der Waals surface area (Å²) in [6.45, 7) is 4.24. The molecular formula is C13H18N4O. The molecule has 5 nitrogen and oxygen atoms in total. The van der Waals surface area contributed by atoms with Gasteiger partial charge in [-0.1, -0.05) is 6.92 Å². The van der Waals surface area contributed by atoms with E-state index in [0.717, 1.165) is 17.3 Å². The van der Waals surface area contributed by atoms with E-state index >= 15 is 0 Å². The minimum atomic E-state index is -0.0308. The molecule has 1 aromatic carbocycles. The van der Waals surface area contributed by atoms with E-state index in [1.54, 1.807) is 10.9 Å². The molecule has 0 spiro atoms. The Morgan fingerprint density at radius 2 is 2.33 bits per heavy atom. The molecule has 0 saturated carbocycles. The predicted molar refractivity (Wildman–Crippen MR) is 72.0 cm³/mol. The van der Waals surface area contributed by atoms with Gasteiger partial charge in [0.15, 0.2) is 0 Å². The molecule has 1 atom stereocenters. The summed E-state index contributed by atoms with van der Waals surface area (Å²) >= 11 is 0. The van der Waals surface area contributed by atoms with Gasteiger partial charge in [0.05, 0.1) is 11.7 Å². The second-order valence-electron chi connectivity index (χ2n) is 4.50. The maximum Gasteiger partial charge on any atom is 0.241 e. The summed E-state index contributed by atoms with van der Waals surface area (Å²) < 4.78 is 1.67.